The Morgan fingerprint density at radius 2 is 1.14 bits per heavy atom. The summed E-state index contributed by atoms with van der Waals surface area (Å²) < 4.78 is 0. The molecule has 0 N–H and O–H groups in total. The Balaban J connectivity index is -0.0000000480. The van der Waals surface area contributed by atoms with Crippen LogP contribution in [0.15, 0.2) is 0 Å². The van der Waals surface area contributed by atoms with Crippen LogP contribution in [-0.4, -0.2) is 0 Å². The third-order valence-corrected chi connectivity index (χ3v) is 0.500. The summed E-state index contributed by atoms with van der Waals surface area (Å²) >= 11 is 0. The van der Waals surface area contributed by atoms with E-state index >= 15 is 0 Å². The van der Waals surface area contributed by atoms with Crippen LogP contribution in [0.25, 0.3) is 0 Å². The molecule has 0 aliphatic heterocycles. The molecule has 0 amide bonds. The molecule has 0 unspecified atom stereocenters. The van der Waals surface area contributed by atoms with Gasteiger partial charge < -0.3 is 6.92 Å². The van der Waals surface area contributed by atoms with Crippen LogP contribution < -0.4 is 51.4 Å². The van der Waals surface area contributed by atoms with Gasteiger partial charge in [0.1, 0.15) is 0 Å². The zero-order valence-electron chi connectivity index (χ0n) is 6.12. The largest absolute Gasteiger partial charge is 1.00 e. The molecule has 40 valence electrons. The van der Waals surface area contributed by atoms with Crippen molar-refractivity contribution in [2.24, 2.45) is 0 Å². The molecule has 0 bridgehead atoms. The molecule has 7 heavy (non-hydrogen) atoms. The van der Waals surface area contributed by atoms with Gasteiger partial charge in [-0.3, -0.25) is 0 Å². The van der Waals surface area contributed by atoms with E-state index in [2.05, 4.69) is 20.8 Å². The SMILES string of the molecule is CCCC.[CH2-]C.[K+]. The maximum absolute atomic E-state index is 3.25. The average molecular weight is 126 g/mol. The summed E-state index contributed by atoms with van der Waals surface area (Å²) in [5.74, 6) is 0. The maximum atomic E-state index is 3.25. The van der Waals surface area contributed by atoms with E-state index in [0.29, 0.717) is 0 Å². The van der Waals surface area contributed by atoms with Gasteiger partial charge in [-0.25, -0.2) is 0 Å². The van der Waals surface area contributed by atoms with Crippen molar-refractivity contribution in [2.45, 2.75) is 33.6 Å². The van der Waals surface area contributed by atoms with E-state index in [1.165, 1.54) is 12.8 Å². The van der Waals surface area contributed by atoms with Gasteiger partial charge in [-0.15, -0.1) is 0 Å². The first kappa shape index (κ1) is 15.9. The van der Waals surface area contributed by atoms with E-state index in [0.717, 1.165) is 0 Å². The van der Waals surface area contributed by atoms with Gasteiger partial charge in [-0.05, 0) is 0 Å². The van der Waals surface area contributed by atoms with Gasteiger partial charge in [-0.1, -0.05) is 26.7 Å². The molecule has 1 heteroatoms. The second kappa shape index (κ2) is 25.4. The monoisotopic (exact) mass is 126 g/mol. The second-order valence-electron chi connectivity index (χ2n) is 1.000. The summed E-state index contributed by atoms with van der Waals surface area (Å²) in [5, 5.41) is 0. The van der Waals surface area contributed by atoms with E-state index in [4.69, 9.17) is 0 Å². The van der Waals surface area contributed by atoms with E-state index in [9.17, 15) is 0 Å². The van der Waals surface area contributed by atoms with E-state index in [1.54, 1.807) is 6.92 Å². The number of rotatable bonds is 1. The first-order valence-corrected chi connectivity index (χ1v) is 2.62. The number of hydrogen-bond acceptors (Lipinski definition) is 0. The molecule has 0 rings (SSSR count). The van der Waals surface area contributed by atoms with Crippen LogP contribution in [0, 0.1) is 6.92 Å². The topological polar surface area (TPSA) is 0 Å². The van der Waals surface area contributed by atoms with Crippen molar-refractivity contribution in [2.75, 3.05) is 0 Å². The van der Waals surface area contributed by atoms with Crippen LogP contribution in [0.1, 0.15) is 33.6 Å². The number of hydrogen-bond donors (Lipinski definition) is 0. The molecule has 0 aromatic rings. The van der Waals surface area contributed by atoms with Gasteiger partial charge in [0.05, 0.1) is 0 Å². The standard InChI is InChI=1S/C4H10.C2H5.K/c1-3-4-2;1-2;/h3-4H2,1-2H3;1H2,2H3;/q;-1;+1. The average Bonchev–Trinajstić information content (AvgIpc) is 1.72. The van der Waals surface area contributed by atoms with Gasteiger partial charge in [0.25, 0.3) is 0 Å². The minimum Gasteiger partial charge on any atom is -0.346 e. The van der Waals surface area contributed by atoms with Crippen LogP contribution in [0.5, 0.6) is 0 Å². The molecular formula is C6H15K. The normalized spacial score (nSPS) is 5.14. The molecule has 0 fully saturated rings. The van der Waals surface area contributed by atoms with Gasteiger partial charge in [0, 0.05) is 0 Å². The van der Waals surface area contributed by atoms with Crippen LogP contribution >= 0.6 is 0 Å². The predicted octanol–water partition coefficient (Wildman–Crippen LogP) is -0.349. The quantitative estimate of drug-likeness (QED) is 0.333. The fourth-order valence-electron chi connectivity index (χ4n) is 0. The van der Waals surface area contributed by atoms with Crippen molar-refractivity contribution in [3.8, 4) is 0 Å². The van der Waals surface area contributed by atoms with Crippen LogP contribution in [0.4, 0.5) is 0 Å². The minimum absolute atomic E-state index is 0. The third kappa shape index (κ3) is 34.9. The fourth-order valence-corrected chi connectivity index (χ4v) is 0. The zero-order valence-corrected chi connectivity index (χ0v) is 9.24. The predicted molar refractivity (Wildman–Crippen MR) is 31.6 cm³/mol. The van der Waals surface area contributed by atoms with Crippen LogP contribution in [0.3, 0.4) is 0 Å². The maximum Gasteiger partial charge on any atom is 1.00 e. The molecule has 0 saturated carbocycles. The van der Waals surface area contributed by atoms with Crippen molar-refractivity contribution < 1.29 is 51.4 Å². The van der Waals surface area contributed by atoms with Gasteiger partial charge in [0.2, 0.25) is 0 Å². The molecular weight excluding hydrogens is 111 g/mol. The molecule has 0 aromatic heterocycles. The molecule has 0 spiro atoms. The third-order valence-electron chi connectivity index (χ3n) is 0.500. The van der Waals surface area contributed by atoms with Crippen molar-refractivity contribution >= 4 is 0 Å². The first-order valence-electron chi connectivity index (χ1n) is 2.62. The van der Waals surface area contributed by atoms with Crippen molar-refractivity contribution in [1.82, 2.24) is 0 Å². The zero-order chi connectivity index (χ0) is 5.41. The molecule has 0 heterocycles. The minimum atomic E-state index is 0. The summed E-state index contributed by atoms with van der Waals surface area (Å²) in [6.07, 6.45) is 2.64. The summed E-state index contributed by atoms with van der Waals surface area (Å²) in [6.45, 7) is 9.36. The summed E-state index contributed by atoms with van der Waals surface area (Å²) in [4.78, 5) is 0. The Bertz CT molecular complexity index is 6.14. The van der Waals surface area contributed by atoms with Crippen molar-refractivity contribution in [3.05, 3.63) is 6.92 Å². The Morgan fingerprint density at radius 1 is 1.00 bits per heavy atom. The molecule has 0 aromatic carbocycles. The van der Waals surface area contributed by atoms with Crippen LogP contribution in [-0.2, 0) is 0 Å². The molecule has 0 saturated heterocycles. The summed E-state index contributed by atoms with van der Waals surface area (Å²) in [5.41, 5.74) is 0. The Labute approximate surface area is 90.5 Å². The molecule has 0 atom stereocenters. The number of unbranched alkanes of at least 4 members (excludes halogenated alkanes) is 1. The Morgan fingerprint density at radius 3 is 1.14 bits per heavy atom. The van der Waals surface area contributed by atoms with Gasteiger partial charge in [0.15, 0.2) is 0 Å². The fraction of sp³-hybridized carbons (Fsp3) is 0.833. The Hall–Kier alpha value is 1.64. The van der Waals surface area contributed by atoms with E-state index in [1.807, 2.05) is 0 Å². The smallest absolute Gasteiger partial charge is 0.346 e. The van der Waals surface area contributed by atoms with Gasteiger partial charge in [-0.2, -0.15) is 6.92 Å². The second-order valence-corrected chi connectivity index (χ2v) is 1.000. The molecule has 0 radical (unpaired) electrons. The van der Waals surface area contributed by atoms with E-state index in [-0.39, 0.29) is 51.4 Å². The molecule has 0 aliphatic carbocycles. The van der Waals surface area contributed by atoms with Crippen molar-refractivity contribution in [1.29, 1.82) is 0 Å². The first-order chi connectivity index (χ1) is 2.91. The van der Waals surface area contributed by atoms with Crippen LogP contribution in [0.2, 0.25) is 0 Å². The molecule has 0 nitrogen and oxygen atoms in total. The van der Waals surface area contributed by atoms with Gasteiger partial charge >= 0.3 is 51.4 Å². The van der Waals surface area contributed by atoms with Crippen molar-refractivity contribution in [3.63, 3.8) is 0 Å². The van der Waals surface area contributed by atoms with E-state index < -0.39 is 0 Å². The molecule has 0 aliphatic rings. The summed E-state index contributed by atoms with van der Waals surface area (Å²) in [6, 6.07) is 0. The Kier molecular flexibility index (Phi) is 57.6. The summed E-state index contributed by atoms with van der Waals surface area (Å²) in [7, 11) is 0.